The van der Waals surface area contributed by atoms with Gasteiger partial charge in [0.05, 0.1) is 19.8 Å². The first-order chi connectivity index (χ1) is 11.3. The molecule has 132 valence electrons. The van der Waals surface area contributed by atoms with Gasteiger partial charge in [0, 0.05) is 0 Å². The zero-order valence-corrected chi connectivity index (χ0v) is 12.2. The molecule has 0 aliphatic rings. The molecule has 12 heteroatoms. The Bertz CT molecular complexity index is 901. The average Bonchev–Trinajstić information content (AvgIpc) is 2.55. The second-order valence-electron chi connectivity index (χ2n) is 5.05. The summed E-state index contributed by atoms with van der Waals surface area (Å²) >= 11 is 0. The van der Waals surface area contributed by atoms with E-state index in [1.54, 1.807) is 0 Å². The van der Waals surface area contributed by atoms with Gasteiger partial charge in [-0.3, -0.25) is 24.1 Å². The van der Waals surface area contributed by atoms with Crippen LogP contribution in [0, 0.1) is 0 Å². The minimum Gasteiger partial charge on any atom is -0.394 e. The molecule has 2 aromatic heterocycles. The summed E-state index contributed by atoms with van der Waals surface area (Å²) in [6, 6.07) is 0. The fourth-order valence-corrected chi connectivity index (χ4v) is 2.14. The molecule has 12 nitrogen and oxygen atoms in total. The molecule has 7 N–H and O–H groups in total. The number of aliphatic hydroxyl groups excluding tert-OH is 5. The summed E-state index contributed by atoms with van der Waals surface area (Å²) < 4.78 is 0.739. The van der Waals surface area contributed by atoms with Gasteiger partial charge in [-0.25, -0.2) is 9.78 Å². The smallest absolute Gasteiger partial charge is 0.327 e. The molecular formula is C12H16N4O8. The first-order valence-corrected chi connectivity index (χ1v) is 6.82. The fraction of sp³-hybridized carbons (Fsp3) is 0.500. The van der Waals surface area contributed by atoms with E-state index in [2.05, 4.69) is 9.97 Å². The van der Waals surface area contributed by atoms with Gasteiger partial charge in [0.1, 0.15) is 29.7 Å². The number of aromatic amines is 2. The summed E-state index contributed by atoms with van der Waals surface area (Å²) in [6.07, 6.45) is -5.18. The van der Waals surface area contributed by atoms with Crippen molar-refractivity contribution in [3.63, 3.8) is 0 Å². The molecular weight excluding hydrogens is 328 g/mol. The molecule has 3 atom stereocenters. The van der Waals surface area contributed by atoms with Crippen molar-refractivity contribution in [1.82, 2.24) is 19.5 Å². The third-order valence-corrected chi connectivity index (χ3v) is 3.40. The van der Waals surface area contributed by atoms with E-state index < -0.39 is 60.6 Å². The lowest BCUT2D eigenvalue weighted by Gasteiger charge is -2.22. The zero-order valence-electron chi connectivity index (χ0n) is 12.2. The Morgan fingerprint density at radius 2 is 1.71 bits per heavy atom. The van der Waals surface area contributed by atoms with E-state index in [-0.39, 0.29) is 11.2 Å². The Labute approximate surface area is 132 Å². The van der Waals surface area contributed by atoms with Gasteiger partial charge in [0.15, 0.2) is 5.52 Å². The Kier molecular flexibility index (Phi) is 5.26. The number of nitrogens with zero attached hydrogens (tertiary/aromatic N) is 2. The SMILES string of the molecule is O=c1[nH]c(=O)c2nc(CO)c(=O)n(C[C@@H](O)[C@@H](O)[C@@H](O)CO)c2[nH]1. The van der Waals surface area contributed by atoms with Crippen molar-refractivity contribution in [2.45, 2.75) is 31.5 Å². The second kappa shape index (κ2) is 7.02. The van der Waals surface area contributed by atoms with Crippen LogP contribution in [-0.4, -0.2) is 70.0 Å². The van der Waals surface area contributed by atoms with Crippen LogP contribution in [0.4, 0.5) is 0 Å². The average molecular weight is 344 g/mol. The molecule has 0 radical (unpaired) electrons. The molecule has 0 spiro atoms. The molecule has 0 bridgehead atoms. The molecule has 0 aliphatic carbocycles. The van der Waals surface area contributed by atoms with Crippen molar-refractivity contribution >= 4 is 11.2 Å². The minimum atomic E-state index is -1.79. The van der Waals surface area contributed by atoms with Crippen LogP contribution in [0.2, 0.25) is 0 Å². The van der Waals surface area contributed by atoms with Crippen LogP contribution in [-0.2, 0) is 13.2 Å². The molecule has 0 amide bonds. The van der Waals surface area contributed by atoms with E-state index in [1.807, 2.05) is 4.98 Å². The van der Waals surface area contributed by atoms with Gasteiger partial charge in [0.2, 0.25) is 0 Å². The summed E-state index contributed by atoms with van der Waals surface area (Å²) in [6.45, 7) is -2.27. The van der Waals surface area contributed by atoms with Gasteiger partial charge in [-0.1, -0.05) is 0 Å². The van der Waals surface area contributed by atoms with E-state index in [9.17, 15) is 34.8 Å². The van der Waals surface area contributed by atoms with Crippen molar-refractivity contribution < 1.29 is 25.5 Å². The highest BCUT2D eigenvalue weighted by Crippen LogP contribution is 2.06. The van der Waals surface area contributed by atoms with Crippen LogP contribution in [0.15, 0.2) is 14.4 Å². The topological polar surface area (TPSA) is 202 Å². The lowest BCUT2D eigenvalue weighted by molar-refractivity contribution is -0.0806. The molecule has 0 saturated carbocycles. The molecule has 0 aliphatic heterocycles. The Balaban J connectivity index is 2.64. The van der Waals surface area contributed by atoms with Gasteiger partial charge in [-0.15, -0.1) is 0 Å². The summed E-state index contributed by atoms with van der Waals surface area (Å²) in [7, 11) is 0. The predicted octanol–water partition coefficient (Wildman–Crippen LogP) is -4.66. The number of H-pyrrole nitrogens is 2. The summed E-state index contributed by atoms with van der Waals surface area (Å²) in [4.78, 5) is 43.2. The number of rotatable bonds is 6. The highest BCUT2D eigenvalue weighted by molar-refractivity contribution is 5.68. The molecule has 0 saturated heterocycles. The third-order valence-electron chi connectivity index (χ3n) is 3.40. The van der Waals surface area contributed by atoms with Crippen molar-refractivity contribution in [2.24, 2.45) is 0 Å². The van der Waals surface area contributed by atoms with E-state index in [0.717, 1.165) is 4.57 Å². The summed E-state index contributed by atoms with van der Waals surface area (Å²) in [5, 5.41) is 46.9. The maximum atomic E-state index is 12.2. The number of hydrogen-bond acceptors (Lipinski definition) is 9. The number of aromatic nitrogens is 4. The molecule has 2 heterocycles. The van der Waals surface area contributed by atoms with Gasteiger partial charge < -0.3 is 25.5 Å². The van der Waals surface area contributed by atoms with Crippen LogP contribution < -0.4 is 16.8 Å². The Hall–Kier alpha value is -2.38. The zero-order chi connectivity index (χ0) is 18.0. The van der Waals surface area contributed by atoms with Gasteiger partial charge in [0.25, 0.3) is 11.1 Å². The van der Waals surface area contributed by atoms with Crippen LogP contribution in [0.3, 0.4) is 0 Å². The van der Waals surface area contributed by atoms with Crippen molar-refractivity contribution in [1.29, 1.82) is 0 Å². The largest absolute Gasteiger partial charge is 0.394 e. The van der Waals surface area contributed by atoms with Gasteiger partial charge in [-0.2, -0.15) is 0 Å². The quantitative estimate of drug-likeness (QED) is 0.269. The fourth-order valence-electron chi connectivity index (χ4n) is 2.14. The van der Waals surface area contributed by atoms with Crippen LogP contribution in [0.25, 0.3) is 11.2 Å². The van der Waals surface area contributed by atoms with Crippen molar-refractivity contribution in [2.75, 3.05) is 6.61 Å². The Morgan fingerprint density at radius 1 is 1.04 bits per heavy atom. The first kappa shape index (κ1) is 18.0. The highest BCUT2D eigenvalue weighted by Gasteiger charge is 2.26. The Morgan fingerprint density at radius 3 is 2.29 bits per heavy atom. The van der Waals surface area contributed by atoms with Gasteiger partial charge >= 0.3 is 5.69 Å². The maximum absolute atomic E-state index is 12.2. The van der Waals surface area contributed by atoms with E-state index in [4.69, 9.17) is 5.11 Å². The lowest BCUT2D eigenvalue weighted by atomic mass is 10.1. The lowest BCUT2D eigenvalue weighted by Crippen LogP contribution is -2.44. The van der Waals surface area contributed by atoms with E-state index >= 15 is 0 Å². The van der Waals surface area contributed by atoms with Crippen molar-refractivity contribution in [3.8, 4) is 0 Å². The maximum Gasteiger partial charge on any atom is 0.327 e. The van der Waals surface area contributed by atoms with Crippen LogP contribution in [0.5, 0.6) is 0 Å². The molecule has 0 fully saturated rings. The van der Waals surface area contributed by atoms with E-state index in [1.165, 1.54) is 0 Å². The highest BCUT2D eigenvalue weighted by atomic mass is 16.4. The monoisotopic (exact) mass is 344 g/mol. The van der Waals surface area contributed by atoms with Gasteiger partial charge in [-0.05, 0) is 0 Å². The normalized spacial score (nSPS) is 15.4. The number of hydrogen-bond donors (Lipinski definition) is 7. The van der Waals surface area contributed by atoms with Crippen LogP contribution in [0.1, 0.15) is 5.69 Å². The van der Waals surface area contributed by atoms with Crippen LogP contribution >= 0.6 is 0 Å². The molecule has 0 unspecified atom stereocenters. The summed E-state index contributed by atoms with van der Waals surface area (Å²) in [5.41, 5.74) is -3.84. The number of fused-ring (bicyclic) bond motifs is 1. The number of nitrogens with one attached hydrogen (secondary N) is 2. The second-order valence-corrected chi connectivity index (χ2v) is 5.05. The third kappa shape index (κ3) is 3.27. The molecule has 0 aromatic carbocycles. The van der Waals surface area contributed by atoms with Crippen molar-refractivity contribution in [3.05, 3.63) is 36.9 Å². The predicted molar refractivity (Wildman–Crippen MR) is 78.3 cm³/mol. The molecule has 2 rings (SSSR count). The van der Waals surface area contributed by atoms with E-state index in [0.29, 0.717) is 0 Å². The summed E-state index contributed by atoms with van der Waals surface area (Å²) in [5.74, 6) is 0. The number of aliphatic hydroxyl groups is 5. The first-order valence-electron chi connectivity index (χ1n) is 6.82. The minimum absolute atomic E-state index is 0.323. The molecule has 24 heavy (non-hydrogen) atoms. The standard InChI is InChI=1S/C12H16N4O8/c17-2-4-11(23)16(1-5(19)8(21)6(20)3-18)9-7(13-4)10(22)15-12(24)14-9/h5-6,8,17-21H,1-3H2,(H2,14,15,22,24)/t5-,6+,8-/m1/s1. The molecule has 2 aromatic rings.